The Balaban J connectivity index is 1.92. The van der Waals surface area contributed by atoms with E-state index in [1.54, 1.807) is 17.8 Å². The van der Waals surface area contributed by atoms with Crippen molar-refractivity contribution in [3.8, 4) is 0 Å². The standard InChI is InChI=1S/C15H14Br2FNS/c16-11-4-2-5-13(8-11)20-9-12(19)7-10-3-1-6-14(18)15(10)17/h1-6,8,12H,7,9,19H2. The van der Waals surface area contributed by atoms with Gasteiger partial charge in [-0.15, -0.1) is 11.8 Å². The molecule has 2 N–H and O–H groups in total. The molecule has 2 aromatic carbocycles. The smallest absolute Gasteiger partial charge is 0.137 e. The van der Waals surface area contributed by atoms with Crippen LogP contribution < -0.4 is 5.73 Å². The number of rotatable bonds is 5. The van der Waals surface area contributed by atoms with Gasteiger partial charge in [-0.2, -0.15) is 0 Å². The van der Waals surface area contributed by atoms with Crippen LogP contribution in [0.15, 0.2) is 56.3 Å². The summed E-state index contributed by atoms with van der Waals surface area (Å²) in [6.07, 6.45) is 0.652. The lowest BCUT2D eigenvalue weighted by Gasteiger charge is -2.13. The SMILES string of the molecule is NC(CSc1cccc(Br)c1)Cc1cccc(F)c1Br. The van der Waals surface area contributed by atoms with Gasteiger partial charge in [-0.1, -0.05) is 34.1 Å². The number of halogens is 3. The van der Waals surface area contributed by atoms with Gasteiger partial charge < -0.3 is 5.73 Å². The van der Waals surface area contributed by atoms with Gasteiger partial charge in [0, 0.05) is 21.2 Å². The van der Waals surface area contributed by atoms with E-state index in [0.717, 1.165) is 15.8 Å². The molecule has 0 saturated carbocycles. The normalized spacial score (nSPS) is 12.4. The minimum atomic E-state index is -0.241. The average Bonchev–Trinajstić information content (AvgIpc) is 2.42. The fourth-order valence-electron chi connectivity index (χ4n) is 1.81. The molecule has 0 radical (unpaired) electrons. The number of benzene rings is 2. The van der Waals surface area contributed by atoms with Crippen LogP contribution in [-0.2, 0) is 6.42 Å². The lowest BCUT2D eigenvalue weighted by atomic mass is 10.1. The third-order valence-corrected chi connectivity index (χ3v) is 5.34. The summed E-state index contributed by atoms with van der Waals surface area (Å²) in [6.45, 7) is 0. The third-order valence-electron chi connectivity index (χ3n) is 2.77. The maximum absolute atomic E-state index is 13.4. The Kier molecular flexibility index (Phi) is 6.08. The average molecular weight is 419 g/mol. The lowest BCUT2D eigenvalue weighted by molar-refractivity contribution is 0.615. The van der Waals surface area contributed by atoms with E-state index in [-0.39, 0.29) is 11.9 Å². The quantitative estimate of drug-likeness (QED) is 0.690. The van der Waals surface area contributed by atoms with Crippen LogP contribution in [0, 0.1) is 5.82 Å². The van der Waals surface area contributed by atoms with E-state index >= 15 is 0 Å². The zero-order valence-corrected chi connectivity index (χ0v) is 14.6. The molecule has 0 heterocycles. The first-order valence-corrected chi connectivity index (χ1v) is 8.70. The van der Waals surface area contributed by atoms with Crippen LogP contribution in [0.4, 0.5) is 4.39 Å². The van der Waals surface area contributed by atoms with Crippen molar-refractivity contribution in [1.29, 1.82) is 0 Å². The van der Waals surface area contributed by atoms with Crippen LogP contribution in [0.3, 0.4) is 0 Å². The molecule has 0 aliphatic carbocycles. The summed E-state index contributed by atoms with van der Waals surface area (Å²) in [6, 6.07) is 13.2. The number of thioether (sulfide) groups is 1. The largest absolute Gasteiger partial charge is 0.327 e. The minimum Gasteiger partial charge on any atom is -0.327 e. The molecule has 0 spiro atoms. The molecular formula is C15H14Br2FNS. The van der Waals surface area contributed by atoms with Crippen LogP contribution in [0.5, 0.6) is 0 Å². The second kappa shape index (κ2) is 7.59. The fraction of sp³-hybridized carbons (Fsp3) is 0.200. The summed E-state index contributed by atoms with van der Waals surface area (Å²) in [5.74, 6) is 0.550. The molecule has 1 nitrogen and oxygen atoms in total. The van der Waals surface area contributed by atoms with E-state index in [9.17, 15) is 4.39 Å². The Morgan fingerprint density at radius 1 is 1.15 bits per heavy atom. The van der Waals surface area contributed by atoms with Gasteiger partial charge in [0.25, 0.3) is 0 Å². The van der Waals surface area contributed by atoms with Gasteiger partial charge in [0.05, 0.1) is 4.47 Å². The third kappa shape index (κ3) is 4.58. The highest BCUT2D eigenvalue weighted by molar-refractivity contribution is 9.10. The Labute approximate surface area is 139 Å². The van der Waals surface area contributed by atoms with E-state index in [1.165, 1.54) is 11.0 Å². The molecule has 106 valence electrons. The molecule has 2 rings (SSSR count). The van der Waals surface area contributed by atoms with Crippen LogP contribution in [-0.4, -0.2) is 11.8 Å². The molecule has 20 heavy (non-hydrogen) atoms. The minimum absolute atomic E-state index is 0.0166. The second-order valence-electron chi connectivity index (χ2n) is 4.45. The monoisotopic (exact) mass is 417 g/mol. The molecule has 2 aromatic rings. The zero-order valence-electron chi connectivity index (χ0n) is 10.7. The topological polar surface area (TPSA) is 26.0 Å². The predicted octanol–water partition coefficient (Wildman–Crippen LogP) is 5.01. The number of nitrogens with two attached hydrogens (primary N) is 1. The summed E-state index contributed by atoms with van der Waals surface area (Å²) in [5.41, 5.74) is 7.04. The van der Waals surface area contributed by atoms with E-state index in [2.05, 4.69) is 44.0 Å². The van der Waals surface area contributed by atoms with Crippen LogP contribution in [0.1, 0.15) is 5.56 Å². The first-order valence-electron chi connectivity index (χ1n) is 6.13. The molecule has 1 atom stereocenters. The van der Waals surface area contributed by atoms with Crippen LogP contribution in [0.2, 0.25) is 0 Å². The molecule has 0 bridgehead atoms. The molecule has 1 unspecified atom stereocenters. The highest BCUT2D eigenvalue weighted by Gasteiger charge is 2.10. The molecule has 5 heteroatoms. The molecule has 0 fully saturated rings. The van der Waals surface area contributed by atoms with Crippen molar-refractivity contribution in [2.45, 2.75) is 17.4 Å². The number of hydrogen-bond acceptors (Lipinski definition) is 2. The summed E-state index contributed by atoms with van der Waals surface area (Å²) >= 11 is 8.43. The molecule has 0 saturated heterocycles. The Hall–Kier alpha value is -0.360. The van der Waals surface area contributed by atoms with Crippen LogP contribution >= 0.6 is 43.6 Å². The van der Waals surface area contributed by atoms with Crippen molar-refractivity contribution in [1.82, 2.24) is 0 Å². The van der Waals surface area contributed by atoms with Gasteiger partial charge in [0.1, 0.15) is 5.82 Å². The van der Waals surface area contributed by atoms with Crippen molar-refractivity contribution >= 4 is 43.6 Å². The van der Waals surface area contributed by atoms with E-state index in [4.69, 9.17) is 5.73 Å². The maximum Gasteiger partial charge on any atom is 0.137 e. The van der Waals surface area contributed by atoms with Crippen LogP contribution in [0.25, 0.3) is 0 Å². The number of hydrogen-bond donors (Lipinski definition) is 1. The van der Waals surface area contributed by atoms with Gasteiger partial charge in [0.15, 0.2) is 0 Å². The van der Waals surface area contributed by atoms with Gasteiger partial charge in [-0.05, 0) is 52.2 Å². The molecule has 0 aliphatic rings. The Morgan fingerprint density at radius 3 is 2.65 bits per heavy atom. The first-order chi connectivity index (χ1) is 9.56. The van der Waals surface area contributed by atoms with Crippen molar-refractivity contribution < 1.29 is 4.39 Å². The van der Waals surface area contributed by atoms with Gasteiger partial charge >= 0.3 is 0 Å². The van der Waals surface area contributed by atoms with E-state index < -0.39 is 0 Å². The summed E-state index contributed by atoms with van der Waals surface area (Å²) in [5, 5.41) is 0. The lowest BCUT2D eigenvalue weighted by Crippen LogP contribution is -2.25. The Morgan fingerprint density at radius 2 is 1.90 bits per heavy atom. The van der Waals surface area contributed by atoms with Gasteiger partial charge in [-0.3, -0.25) is 0 Å². The van der Waals surface area contributed by atoms with Crippen molar-refractivity contribution in [2.24, 2.45) is 5.73 Å². The van der Waals surface area contributed by atoms with Crippen molar-refractivity contribution in [2.75, 3.05) is 5.75 Å². The van der Waals surface area contributed by atoms with E-state index in [1.807, 2.05) is 18.2 Å². The highest BCUT2D eigenvalue weighted by Crippen LogP contribution is 2.25. The molecule has 0 amide bonds. The van der Waals surface area contributed by atoms with Crippen molar-refractivity contribution in [3.63, 3.8) is 0 Å². The zero-order chi connectivity index (χ0) is 14.5. The maximum atomic E-state index is 13.4. The van der Waals surface area contributed by atoms with E-state index in [0.29, 0.717) is 10.9 Å². The predicted molar refractivity (Wildman–Crippen MR) is 90.6 cm³/mol. The van der Waals surface area contributed by atoms with Crippen molar-refractivity contribution in [3.05, 3.63) is 62.8 Å². The fourth-order valence-corrected chi connectivity index (χ4v) is 3.69. The molecule has 0 aliphatic heterocycles. The Bertz CT molecular complexity index is 592. The summed E-state index contributed by atoms with van der Waals surface area (Å²) < 4.78 is 15.0. The van der Waals surface area contributed by atoms with Gasteiger partial charge in [0.2, 0.25) is 0 Å². The molecule has 0 aromatic heterocycles. The summed E-state index contributed by atoms with van der Waals surface area (Å²) in [4.78, 5) is 1.17. The highest BCUT2D eigenvalue weighted by atomic mass is 79.9. The first kappa shape index (κ1) is 16.0. The molecular weight excluding hydrogens is 405 g/mol. The second-order valence-corrected chi connectivity index (χ2v) is 7.25. The summed E-state index contributed by atoms with van der Waals surface area (Å²) in [7, 11) is 0. The van der Waals surface area contributed by atoms with Gasteiger partial charge in [-0.25, -0.2) is 4.39 Å².